The van der Waals surface area contributed by atoms with Crippen molar-refractivity contribution in [3.05, 3.63) is 89.2 Å². The summed E-state index contributed by atoms with van der Waals surface area (Å²) in [6.07, 6.45) is 0.0871. The first-order chi connectivity index (χ1) is 15.1. The maximum absolute atomic E-state index is 13.1. The Bertz CT molecular complexity index is 1210. The molecule has 0 aliphatic heterocycles. The molecule has 0 heterocycles. The molecule has 0 saturated heterocycles. The number of sulfonamides is 1. The maximum Gasteiger partial charge on any atom is 0.261 e. The number of benzene rings is 3. The number of aryl methyl sites for hydroxylation is 1. The largest absolute Gasteiger partial charge is 0.374 e. The first-order valence-corrected chi connectivity index (χ1v) is 11.5. The Balaban J connectivity index is 1.80. The van der Waals surface area contributed by atoms with Crippen LogP contribution in [0.5, 0.6) is 0 Å². The Hall–Kier alpha value is -3.23. The lowest BCUT2D eigenvalue weighted by molar-refractivity contribution is 0.0657. The van der Waals surface area contributed by atoms with Crippen molar-refractivity contribution in [1.29, 1.82) is 0 Å². The van der Waals surface area contributed by atoms with Gasteiger partial charge in [-0.05, 0) is 80.4 Å². The van der Waals surface area contributed by atoms with Gasteiger partial charge in [-0.25, -0.2) is 12.8 Å². The van der Waals surface area contributed by atoms with Gasteiger partial charge in [0.2, 0.25) is 0 Å². The molecule has 0 fully saturated rings. The van der Waals surface area contributed by atoms with E-state index in [0.717, 1.165) is 17.7 Å². The lowest BCUT2D eigenvalue weighted by Gasteiger charge is -2.13. The van der Waals surface area contributed by atoms with Gasteiger partial charge in [0.15, 0.2) is 0 Å². The van der Waals surface area contributed by atoms with Crippen LogP contribution in [0, 0.1) is 12.7 Å². The van der Waals surface area contributed by atoms with Crippen LogP contribution in [0.15, 0.2) is 71.6 Å². The standard InChI is InChI=1S/C24H25FN2O4S/c1-16(2)31-15-18-5-4-6-21(13-18)26-24(28)23-14-22(12-7-17(23)3)32(29,30)27-20-10-8-19(25)9-11-20/h4-14,16,27H,15H2,1-3H3,(H,26,28). The zero-order chi connectivity index (χ0) is 23.3. The van der Waals surface area contributed by atoms with Gasteiger partial charge in [-0.15, -0.1) is 0 Å². The molecule has 1 amide bonds. The average molecular weight is 457 g/mol. The molecule has 0 saturated carbocycles. The summed E-state index contributed by atoms with van der Waals surface area (Å²) in [6, 6.07) is 16.6. The topological polar surface area (TPSA) is 84.5 Å². The Kier molecular flexibility index (Phi) is 7.27. The Morgan fingerprint density at radius 3 is 2.41 bits per heavy atom. The zero-order valence-electron chi connectivity index (χ0n) is 18.1. The van der Waals surface area contributed by atoms with Crippen molar-refractivity contribution in [1.82, 2.24) is 0 Å². The zero-order valence-corrected chi connectivity index (χ0v) is 18.9. The van der Waals surface area contributed by atoms with E-state index in [4.69, 9.17) is 4.74 Å². The molecular formula is C24H25FN2O4S. The van der Waals surface area contributed by atoms with Crippen LogP contribution in [0.25, 0.3) is 0 Å². The molecule has 168 valence electrons. The summed E-state index contributed by atoms with van der Waals surface area (Å²) in [6.45, 7) is 6.04. The van der Waals surface area contributed by atoms with Crippen LogP contribution in [0.1, 0.15) is 35.3 Å². The van der Waals surface area contributed by atoms with Crippen LogP contribution in [-0.4, -0.2) is 20.4 Å². The third-order valence-electron chi connectivity index (χ3n) is 4.63. The summed E-state index contributed by atoms with van der Waals surface area (Å²) >= 11 is 0. The second kappa shape index (κ2) is 9.93. The monoisotopic (exact) mass is 456 g/mol. The molecule has 0 aliphatic rings. The number of anilines is 2. The van der Waals surface area contributed by atoms with E-state index in [-0.39, 0.29) is 22.3 Å². The van der Waals surface area contributed by atoms with Gasteiger partial charge in [0.05, 0.1) is 17.6 Å². The number of carbonyl (C=O) groups excluding carboxylic acids is 1. The Morgan fingerprint density at radius 2 is 1.72 bits per heavy atom. The van der Waals surface area contributed by atoms with Crippen LogP contribution < -0.4 is 10.0 Å². The quantitative estimate of drug-likeness (QED) is 0.493. The predicted molar refractivity (Wildman–Crippen MR) is 123 cm³/mol. The van der Waals surface area contributed by atoms with E-state index in [2.05, 4.69) is 10.0 Å². The van der Waals surface area contributed by atoms with Crippen LogP contribution >= 0.6 is 0 Å². The fourth-order valence-electron chi connectivity index (χ4n) is 2.95. The number of hydrogen-bond acceptors (Lipinski definition) is 4. The number of hydrogen-bond donors (Lipinski definition) is 2. The van der Waals surface area contributed by atoms with Crippen LogP contribution in [0.2, 0.25) is 0 Å². The molecule has 32 heavy (non-hydrogen) atoms. The number of ether oxygens (including phenoxy) is 1. The van der Waals surface area contributed by atoms with Gasteiger partial charge in [0, 0.05) is 16.9 Å². The molecule has 0 unspecified atom stereocenters. The lowest BCUT2D eigenvalue weighted by atomic mass is 10.1. The van der Waals surface area contributed by atoms with Gasteiger partial charge in [-0.1, -0.05) is 18.2 Å². The van der Waals surface area contributed by atoms with E-state index in [1.165, 1.54) is 24.3 Å². The molecule has 3 rings (SSSR count). The van der Waals surface area contributed by atoms with E-state index in [0.29, 0.717) is 17.9 Å². The molecule has 3 aromatic rings. The highest BCUT2D eigenvalue weighted by molar-refractivity contribution is 7.92. The molecule has 2 N–H and O–H groups in total. The van der Waals surface area contributed by atoms with Gasteiger partial charge in [-0.2, -0.15) is 0 Å². The molecule has 0 atom stereocenters. The number of nitrogens with one attached hydrogen (secondary N) is 2. The van der Waals surface area contributed by atoms with Crippen molar-refractivity contribution in [2.24, 2.45) is 0 Å². The molecule has 0 radical (unpaired) electrons. The van der Waals surface area contributed by atoms with E-state index >= 15 is 0 Å². The van der Waals surface area contributed by atoms with Crippen LogP contribution in [0.4, 0.5) is 15.8 Å². The van der Waals surface area contributed by atoms with E-state index in [1.807, 2.05) is 32.0 Å². The van der Waals surface area contributed by atoms with Crippen molar-refractivity contribution < 1.29 is 22.3 Å². The van der Waals surface area contributed by atoms with Crippen LogP contribution in [-0.2, 0) is 21.4 Å². The molecule has 0 aromatic heterocycles. The fourth-order valence-corrected chi connectivity index (χ4v) is 4.03. The Labute approximate surface area is 187 Å². The molecule has 0 aliphatic carbocycles. The molecule has 6 nitrogen and oxygen atoms in total. The minimum Gasteiger partial charge on any atom is -0.374 e. The smallest absolute Gasteiger partial charge is 0.261 e. The minimum absolute atomic E-state index is 0.0725. The van der Waals surface area contributed by atoms with Crippen molar-refractivity contribution in [3.63, 3.8) is 0 Å². The first-order valence-electron chi connectivity index (χ1n) is 10.0. The molecule has 8 heteroatoms. The predicted octanol–water partition coefficient (Wildman–Crippen LogP) is 5.11. The fraction of sp³-hybridized carbons (Fsp3) is 0.208. The van der Waals surface area contributed by atoms with Gasteiger partial charge in [0.1, 0.15) is 5.82 Å². The minimum atomic E-state index is -3.96. The normalized spacial score (nSPS) is 11.4. The average Bonchev–Trinajstić information content (AvgIpc) is 2.74. The van der Waals surface area contributed by atoms with E-state index < -0.39 is 21.7 Å². The third-order valence-corrected chi connectivity index (χ3v) is 6.01. The summed E-state index contributed by atoms with van der Waals surface area (Å²) in [7, 11) is -3.96. The lowest BCUT2D eigenvalue weighted by Crippen LogP contribution is -2.17. The SMILES string of the molecule is Cc1ccc(S(=O)(=O)Nc2ccc(F)cc2)cc1C(=O)Nc1cccc(COC(C)C)c1. The van der Waals surface area contributed by atoms with Gasteiger partial charge < -0.3 is 10.1 Å². The van der Waals surface area contributed by atoms with Gasteiger partial charge in [0.25, 0.3) is 15.9 Å². The Morgan fingerprint density at radius 1 is 1.00 bits per heavy atom. The van der Waals surface area contributed by atoms with Gasteiger partial charge >= 0.3 is 0 Å². The number of carbonyl (C=O) groups is 1. The van der Waals surface area contributed by atoms with Crippen molar-refractivity contribution in [2.45, 2.75) is 38.4 Å². The molecule has 0 spiro atoms. The van der Waals surface area contributed by atoms with Crippen molar-refractivity contribution >= 4 is 27.3 Å². The summed E-state index contributed by atoms with van der Waals surface area (Å²) in [4.78, 5) is 12.8. The highest BCUT2D eigenvalue weighted by Gasteiger charge is 2.18. The number of rotatable bonds is 8. The van der Waals surface area contributed by atoms with E-state index in [9.17, 15) is 17.6 Å². The summed E-state index contributed by atoms with van der Waals surface area (Å²) in [5.41, 5.74) is 2.57. The highest BCUT2D eigenvalue weighted by atomic mass is 32.2. The second-order valence-electron chi connectivity index (χ2n) is 7.60. The summed E-state index contributed by atoms with van der Waals surface area (Å²) in [5, 5.41) is 2.81. The first kappa shape index (κ1) is 23.4. The highest BCUT2D eigenvalue weighted by Crippen LogP contribution is 2.21. The molecular weight excluding hydrogens is 431 g/mol. The third kappa shape index (κ3) is 6.15. The van der Waals surface area contributed by atoms with E-state index in [1.54, 1.807) is 19.1 Å². The van der Waals surface area contributed by atoms with Crippen molar-refractivity contribution in [3.8, 4) is 0 Å². The maximum atomic E-state index is 13.1. The number of halogens is 1. The summed E-state index contributed by atoms with van der Waals surface area (Å²) in [5.74, 6) is -0.898. The molecule has 3 aromatic carbocycles. The summed E-state index contributed by atoms with van der Waals surface area (Å²) < 4.78 is 46.6. The second-order valence-corrected chi connectivity index (χ2v) is 9.29. The van der Waals surface area contributed by atoms with Crippen LogP contribution in [0.3, 0.4) is 0 Å². The van der Waals surface area contributed by atoms with Gasteiger partial charge in [-0.3, -0.25) is 9.52 Å². The molecule has 0 bridgehead atoms. The van der Waals surface area contributed by atoms with Crippen molar-refractivity contribution in [2.75, 3.05) is 10.0 Å². The number of amides is 1.